The van der Waals surface area contributed by atoms with Gasteiger partial charge in [-0.2, -0.15) is 0 Å². The zero-order valence-electron chi connectivity index (χ0n) is 4.01. The first-order valence-electron chi connectivity index (χ1n) is 1.81. The molecule has 4 heteroatoms. The van der Waals surface area contributed by atoms with Crippen molar-refractivity contribution in [1.82, 2.24) is 0 Å². The van der Waals surface area contributed by atoms with Gasteiger partial charge in [-0.1, -0.05) is 0 Å². The van der Waals surface area contributed by atoms with Crippen LogP contribution in [-0.4, -0.2) is 48.9 Å². The summed E-state index contributed by atoms with van der Waals surface area (Å²) in [5, 5.41) is 0. The van der Waals surface area contributed by atoms with E-state index in [1.165, 1.54) is 7.11 Å². The summed E-state index contributed by atoms with van der Waals surface area (Å²) >= 11 is 0. The summed E-state index contributed by atoms with van der Waals surface area (Å²) in [6.45, 7) is 0. The van der Waals surface area contributed by atoms with Crippen molar-refractivity contribution >= 4 is 41.8 Å². The molecule has 0 aliphatic heterocycles. The monoisotopic (exact) mass is 126 g/mol. The Morgan fingerprint density at radius 3 is 2.38 bits per heavy atom. The van der Waals surface area contributed by atoms with Crippen molar-refractivity contribution in [3.8, 4) is 0 Å². The molecule has 0 rings (SSSR count). The Labute approximate surface area is 69.7 Å². The van der Waals surface area contributed by atoms with Crippen LogP contribution in [0.15, 0.2) is 0 Å². The van der Waals surface area contributed by atoms with Crippen molar-refractivity contribution in [2.24, 2.45) is 0 Å². The molecule has 0 aliphatic carbocycles. The molecular weight excluding hydrogens is 119 g/mol. The molecule has 0 aliphatic rings. The number of ether oxygens (including phenoxy) is 1. The van der Waals surface area contributed by atoms with Crippen LogP contribution in [0.25, 0.3) is 0 Å². The molecule has 0 unspecified atom stereocenters. The van der Waals surface area contributed by atoms with E-state index in [1.54, 1.807) is 0 Å². The van der Waals surface area contributed by atoms with Crippen LogP contribution in [0.4, 0.5) is 0 Å². The number of hydrogen-bond acceptors (Lipinski definition) is 3. The molecule has 0 aromatic rings. The molecule has 0 spiro atoms. The van der Waals surface area contributed by atoms with Crippen LogP contribution in [0, 0.1) is 0 Å². The van der Waals surface area contributed by atoms with E-state index in [1.807, 2.05) is 0 Å². The molecule has 0 saturated carbocycles. The Hall–Kier alpha value is 0.140. The molecule has 0 bridgehead atoms. The SMILES string of the molecule is COC(=O)CC=O.[NaH]. The number of esters is 1. The summed E-state index contributed by atoms with van der Waals surface area (Å²) in [5.74, 6) is -0.491. The van der Waals surface area contributed by atoms with Gasteiger partial charge in [0.05, 0.1) is 7.11 Å². The number of methoxy groups -OCH3 is 1. The molecule has 3 nitrogen and oxygen atoms in total. The van der Waals surface area contributed by atoms with Crippen LogP contribution < -0.4 is 0 Å². The number of carbonyl (C=O) groups excluding carboxylic acids is 2. The van der Waals surface area contributed by atoms with Crippen molar-refractivity contribution in [3.63, 3.8) is 0 Å². The molecule has 42 valence electrons. The normalized spacial score (nSPS) is 6.62. The Balaban J connectivity index is 0. The molecule has 0 aromatic carbocycles. The van der Waals surface area contributed by atoms with Crippen molar-refractivity contribution < 1.29 is 14.3 Å². The van der Waals surface area contributed by atoms with Gasteiger partial charge in [-0.15, -0.1) is 0 Å². The quantitative estimate of drug-likeness (QED) is 0.208. The second-order valence-corrected chi connectivity index (χ2v) is 0.947. The van der Waals surface area contributed by atoms with Gasteiger partial charge in [0, 0.05) is 0 Å². The van der Waals surface area contributed by atoms with Crippen LogP contribution in [0.3, 0.4) is 0 Å². The van der Waals surface area contributed by atoms with Crippen molar-refractivity contribution in [2.75, 3.05) is 7.11 Å². The second-order valence-electron chi connectivity index (χ2n) is 0.947. The number of hydrogen-bond donors (Lipinski definition) is 0. The molecule has 0 atom stereocenters. The molecule has 0 aromatic heterocycles. The zero-order chi connectivity index (χ0) is 5.70. The van der Waals surface area contributed by atoms with Gasteiger partial charge in [0.1, 0.15) is 12.7 Å². The molecule has 8 heavy (non-hydrogen) atoms. The first-order valence-corrected chi connectivity index (χ1v) is 1.81. The first-order chi connectivity index (χ1) is 3.31. The summed E-state index contributed by atoms with van der Waals surface area (Å²) in [7, 11) is 1.24. The summed E-state index contributed by atoms with van der Waals surface area (Å²) in [6, 6.07) is 0. The van der Waals surface area contributed by atoms with E-state index in [0.717, 1.165) is 0 Å². The van der Waals surface area contributed by atoms with Gasteiger partial charge in [-0.3, -0.25) is 4.79 Å². The molecule has 0 fully saturated rings. The van der Waals surface area contributed by atoms with Crippen LogP contribution in [0.1, 0.15) is 6.42 Å². The topological polar surface area (TPSA) is 43.4 Å². The zero-order valence-corrected chi connectivity index (χ0v) is 4.01. The second kappa shape index (κ2) is 7.14. The maximum absolute atomic E-state index is 9.96. The van der Waals surface area contributed by atoms with Gasteiger partial charge in [-0.25, -0.2) is 0 Å². The molecule has 0 radical (unpaired) electrons. The molecular formula is C4H7NaO3. The predicted molar refractivity (Wildman–Crippen MR) is 29.8 cm³/mol. The summed E-state index contributed by atoms with van der Waals surface area (Å²) in [4.78, 5) is 19.4. The van der Waals surface area contributed by atoms with Crippen molar-refractivity contribution in [3.05, 3.63) is 0 Å². The molecule has 0 heterocycles. The Bertz CT molecular complexity index is 81.4. The minimum absolute atomic E-state index is 0. The summed E-state index contributed by atoms with van der Waals surface area (Å²) in [6.07, 6.45) is 0.363. The van der Waals surface area contributed by atoms with Gasteiger partial charge in [0.2, 0.25) is 0 Å². The van der Waals surface area contributed by atoms with Crippen LogP contribution >= 0.6 is 0 Å². The van der Waals surface area contributed by atoms with E-state index in [-0.39, 0.29) is 36.0 Å². The fourth-order valence-electron chi connectivity index (χ4n) is 0.151. The van der Waals surface area contributed by atoms with E-state index < -0.39 is 5.97 Å². The van der Waals surface area contributed by atoms with Crippen LogP contribution in [0.5, 0.6) is 0 Å². The standard InChI is InChI=1S/C4H6O3.Na.H/c1-7-4(6)2-3-5;;/h3H,2H2,1H3;;. The van der Waals surface area contributed by atoms with Crippen LogP contribution in [-0.2, 0) is 14.3 Å². The van der Waals surface area contributed by atoms with Crippen LogP contribution in [0.2, 0.25) is 0 Å². The van der Waals surface area contributed by atoms with Gasteiger partial charge in [0.15, 0.2) is 0 Å². The predicted octanol–water partition coefficient (Wildman–Crippen LogP) is -0.900. The summed E-state index contributed by atoms with van der Waals surface area (Å²) < 4.78 is 4.12. The Morgan fingerprint density at radius 1 is 1.75 bits per heavy atom. The maximum atomic E-state index is 9.96. The van der Waals surface area contributed by atoms with Gasteiger partial charge < -0.3 is 9.53 Å². The van der Waals surface area contributed by atoms with E-state index in [9.17, 15) is 9.59 Å². The Morgan fingerprint density at radius 2 is 2.25 bits per heavy atom. The summed E-state index contributed by atoms with van der Waals surface area (Å²) in [5.41, 5.74) is 0. The third-order valence-electron chi connectivity index (χ3n) is 0.478. The third-order valence-corrected chi connectivity index (χ3v) is 0.478. The van der Waals surface area contributed by atoms with Gasteiger partial charge >= 0.3 is 35.5 Å². The van der Waals surface area contributed by atoms with Gasteiger partial charge in [0.25, 0.3) is 0 Å². The average molecular weight is 126 g/mol. The number of aldehydes is 1. The first kappa shape index (κ1) is 11.0. The Kier molecular flexibility index (Phi) is 9.82. The fourth-order valence-corrected chi connectivity index (χ4v) is 0.151. The minimum atomic E-state index is -0.491. The third kappa shape index (κ3) is 6.14. The van der Waals surface area contributed by atoms with E-state index in [4.69, 9.17) is 0 Å². The van der Waals surface area contributed by atoms with E-state index in [2.05, 4.69) is 4.74 Å². The number of rotatable bonds is 2. The van der Waals surface area contributed by atoms with Crippen molar-refractivity contribution in [1.29, 1.82) is 0 Å². The fraction of sp³-hybridized carbons (Fsp3) is 0.500. The molecule has 0 N–H and O–H groups in total. The van der Waals surface area contributed by atoms with Gasteiger partial charge in [-0.05, 0) is 0 Å². The number of carbonyl (C=O) groups is 2. The molecule has 0 saturated heterocycles. The van der Waals surface area contributed by atoms with E-state index >= 15 is 0 Å². The average Bonchev–Trinajstić information content (AvgIpc) is 1.68. The van der Waals surface area contributed by atoms with E-state index in [0.29, 0.717) is 6.29 Å². The molecule has 0 amide bonds. The van der Waals surface area contributed by atoms with Crippen molar-refractivity contribution in [2.45, 2.75) is 6.42 Å².